The van der Waals surface area contributed by atoms with Crippen LogP contribution in [0.1, 0.15) is 48.5 Å². The van der Waals surface area contributed by atoms with Crippen LogP contribution in [-0.2, 0) is 24.7 Å². The summed E-state index contributed by atoms with van der Waals surface area (Å²) in [5.74, 6) is 0.0580. The smallest absolute Gasteiger partial charge is 0.256 e. The van der Waals surface area contributed by atoms with Crippen molar-refractivity contribution in [1.82, 2.24) is 4.90 Å². The normalized spacial score (nSPS) is 23.1. The van der Waals surface area contributed by atoms with Gasteiger partial charge < -0.3 is 4.90 Å². The minimum Gasteiger partial charge on any atom is -0.331 e. The average molecular weight is 496 g/mol. The summed E-state index contributed by atoms with van der Waals surface area (Å²) in [6, 6.07) is 4.05. The van der Waals surface area contributed by atoms with Gasteiger partial charge in [0.05, 0.1) is 34.2 Å². The second kappa shape index (κ2) is 8.23. The van der Waals surface area contributed by atoms with Gasteiger partial charge >= 0.3 is 0 Å². The van der Waals surface area contributed by atoms with Crippen molar-refractivity contribution in [2.24, 2.45) is 16.3 Å². The maximum absolute atomic E-state index is 13.6. The molecule has 2 aliphatic heterocycles. The number of carbonyl (C=O) groups excluding carboxylic acids is 1. The summed E-state index contributed by atoms with van der Waals surface area (Å²) in [5, 5.41) is -1.05. The third kappa shape index (κ3) is 4.73. The second-order valence-corrected chi connectivity index (χ2v) is 14.4. The highest BCUT2D eigenvalue weighted by molar-refractivity contribution is 7.93. The monoisotopic (exact) mass is 495 g/mol. The molecule has 3 rings (SSSR count). The van der Waals surface area contributed by atoms with Gasteiger partial charge in [-0.05, 0) is 49.0 Å². The number of sulfone groups is 1. The summed E-state index contributed by atoms with van der Waals surface area (Å²) in [5.41, 5.74) is 1.55. The first-order valence-electron chi connectivity index (χ1n) is 10.9. The zero-order chi connectivity index (χ0) is 25.1. The number of benzene rings is 1. The highest BCUT2D eigenvalue weighted by atomic mass is 32.2. The third-order valence-corrected chi connectivity index (χ3v) is 8.59. The summed E-state index contributed by atoms with van der Waals surface area (Å²) in [6.07, 6.45) is 0.995. The zero-order valence-corrected chi connectivity index (χ0v) is 22.1. The van der Waals surface area contributed by atoms with E-state index in [1.165, 1.54) is 25.1 Å². The molecular formula is C23H33N3O5S2. The minimum atomic E-state index is -3.90. The Morgan fingerprint density at radius 2 is 1.82 bits per heavy atom. The first-order valence-corrected chi connectivity index (χ1v) is 14.4. The Morgan fingerprint density at radius 1 is 1.21 bits per heavy atom. The molecule has 0 radical (unpaired) electrons. The quantitative estimate of drug-likeness (QED) is 0.671. The van der Waals surface area contributed by atoms with Gasteiger partial charge in [0.15, 0.2) is 9.84 Å². The Balaban J connectivity index is 2.19. The van der Waals surface area contributed by atoms with Crippen molar-refractivity contribution in [3.63, 3.8) is 0 Å². The summed E-state index contributed by atoms with van der Waals surface area (Å²) in [4.78, 5) is 20.0. The average Bonchev–Trinajstić information content (AvgIpc) is 2.87. The Hall–Kier alpha value is -2.20. The fourth-order valence-corrected chi connectivity index (χ4v) is 6.84. The van der Waals surface area contributed by atoms with Gasteiger partial charge in [-0.3, -0.25) is 9.52 Å². The molecule has 2 heterocycles. The van der Waals surface area contributed by atoms with Crippen LogP contribution in [0.15, 0.2) is 39.2 Å². The predicted octanol–water partition coefficient (Wildman–Crippen LogP) is 3.54. The summed E-state index contributed by atoms with van der Waals surface area (Å²) in [7, 11) is -7.46. The van der Waals surface area contributed by atoms with Gasteiger partial charge in [0.2, 0.25) is 10.0 Å². The molecule has 2 aliphatic rings. The van der Waals surface area contributed by atoms with E-state index in [9.17, 15) is 21.6 Å². The molecule has 8 nitrogen and oxygen atoms in total. The Kier molecular flexibility index (Phi) is 6.34. The molecule has 182 valence electrons. The highest BCUT2D eigenvalue weighted by Gasteiger charge is 2.47. The van der Waals surface area contributed by atoms with Gasteiger partial charge in [0.25, 0.3) is 5.91 Å². The first kappa shape index (κ1) is 25.4. The van der Waals surface area contributed by atoms with E-state index in [2.05, 4.69) is 30.5 Å². The molecular weight excluding hydrogens is 462 g/mol. The van der Waals surface area contributed by atoms with Gasteiger partial charge in [-0.1, -0.05) is 34.6 Å². The number of rotatable bonds is 5. The SMILES string of the molecule is CC1=C(C2=Nc3ccc(NS(C)(=O)=O)cc3S(=O)(=O)C2C)C(=O)N(CC(C)C)C1C(C)(C)C. The molecule has 0 fully saturated rings. The largest absolute Gasteiger partial charge is 0.331 e. The van der Waals surface area contributed by atoms with Crippen molar-refractivity contribution in [3.05, 3.63) is 29.3 Å². The van der Waals surface area contributed by atoms with Crippen LogP contribution in [0.25, 0.3) is 0 Å². The molecule has 1 aromatic rings. The molecule has 10 heteroatoms. The zero-order valence-electron chi connectivity index (χ0n) is 20.4. The van der Waals surface area contributed by atoms with E-state index in [1.807, 2.05) is 25.7 Å². The third-order valence-electron chi connectivity index (χ3n) is 5.89. The Morgan fingerprint density at radius 3 is 2.33 bits per heavy atom. The standard InChI is InChI=1S/C23H33N3O5S2/c1-13(2)12-26-21(23(5,6)7)14(3)19(22(26)27)20-15(4)33(30,31)18-11-16(25-32(8,28)29)9-10-17(18)24-20/h9-11,13,15,21,25H,12H2,1-8H3. The molecule has 1 N–H and O–H groups in total. The van der Waals surface area contributed by atoms with E-state index >= 15 is 0 Å². The lowest BCUT2D eigenvalue weighted by molar-refractivity contribution is -0.128. The van der Waals surface area contributed by atoms with Crippen LogP contribution in [0, 0.1) is 11.3 Å². The number of anilines is 1. The molecule has 1 amide bonds. The van der Waals surface area contributed by atoms with E-state index in [1.54, 1.807) is 0 Å². The lowest BCUT2D eigenvalue weighted by Crippen LogP contribution is -2.45. The number of amides is 1. The second-order valence-electron chi connectivity index (χ2n) is 10.4. The summed E-state index contributed by atoms with van der Waals surface area (Å²) < 4.78 is 52.3. The number of nitrogens with one attached hydrogen (secondary N) is 1. The molecule has 33 heavy (non-hydrogen) atoms. The van der Waals surface area contributed by atoms with Crippen molar-refractivity contribution < 1.29 is 21.6 Å². The molecule has 0 aromatic heterocycles. The van der Waals surface area contributed by atoms with Gasteiger partial charge in [-0.15, -0.1) is 0 Å². The molecule has 0 saturated carbocycles. The molecule has 2 unspecified atom stereocenters. The summed E-state index contributed by atoms with van der Waals surface area (Å²) >= 11 is 0. The highest BCUT2D eigenvalue weighted by Crippen LogP contribution is 2.42. The van der Waals surface area contributed by atoms with E-state index in [0.717, 1.165) is 11.8 Å². The van der Waals surface area contributed by atoms with Gasteiger partial charge in [0, 0.05) is 12.2 Å². The van der Waals surface area contributed by atoms with Crippen molar-refractivity contribution >= 4 is 42.9 Å². The number of sulfonamides is 1. The van der Waals surface area contributed by atoms with E-state index in [-0.39, 0.29) is 45.3 Å². The number of hydrogen-bond donors (Lipinski definition) is 1. The number of aliphatic imine (C=N–C) groups is 1. The number of hydrogen-bond acceptors (Lipinski definition) is 6. The summed E-state index contributed by atoms with van der Waals surface area (Å²) in [6.45, 7) is 14.3. The number of fused-ring (bicyclic) bond motifs is 1. The number of carbonyl (C=O) groups is 1. The van der Waals surface area contributed by atoms with Crippen LogP contribution < -0.4 is 4.72 Å². The van der Waals surface area contributed by atoms with Crippen LogP contribution in [-0.4, -0.2) is 57.4 Å². The lowest BCUT2D eigenvalue weighted by atomic mass is 9.81. The number of nitrogens with zero attached hydrogens (tertiary/aromatic N) is 2. The molecule has 0 saturated heterocycles. The maximum atomic E-state index is 13.6. The van der Waals surface area contributed by atoms with Gasteiger partial charge in [-0.2, -0.15) is 0 Å². The van der Waals surface area contributed by atoms with E-state index in [0.29, 0.717) is 12.1 Å². The van der Waals surface area contributed by atoms with Crippen LogP contribution in [0.2, 0.25) is 0 Å². The van der Waals surface area contributed by atoms with Crippen LogP contribution >= 0.6 is 0 Å². The first-order chi connectivity index (χ1) is 14.9. The van der Waals surface area contributed by atoms with Gasteiger partial charge in [-0.25, -0.2) is 21.8 Å². The maximum Gasteiger partial charge on any atom is 0.256 e. The van der Waals surface area contributed by atoms with E-state index < -0.39 is 25.1 Å². The van der Waals surface area contributed by atoms with Crippen LogP contribution in [0.5, 0.6) is 0 Å². The predicted molar refractivity (Wildman–Crippen MR) is 131 cm³/mol. The van der Waals surface area contributed by atoms with Crippen molar-refractivity contribution in [3.8, 4) is 0 Å². The van der Waals surface area contributed by atoms with Crippen LogP contribution in [0.4, 0.5) is 11.4 Å². The van der Waals surface area contributed by atoms with E-state index in [4.69, 9.17) is 0 Å². The fourth-order valence-electron chi connectivity index (χ4n) is 4.74. The van der Waals surface area contributed by atoms with Crippen LogP contribution in [0.3, 0.4) is 0 Å². The molecule has 0 bridgehead atoms. The van der Waals surface area contributed by atoms with Gasteiger partial charge in [0.1, 0.15) is 5.25 Å². The Labute approximate surface area is 197 Å². The lowest BCUT2D eigenvalue weighted by Gasteiger charge is -2.37. The molecule has 1 aromatic carbocycles. The van der Waals surface area contributed by atoms with Crippen molar-refractivity contribution in [2.75, 3.05) is 17.5 Å². The fraction of sp³-hybridized carbons (Fsp3) is 0.565. The molecule has 0 aliphatic carbocycles. The molecule has 0 spiro atoms. The Bertz CT molecular complexity index is 1270. The minimum absolute atomic E-state index is 0.0532. The van der Waals surface area contributed by atoms with Crippen molar-refractivity contribution in [1.29, 1.82) is 0 Å². The van der Waals surface area contributed by atoms with Crippen molar-refractivity contribution in [2.45, 2.75) is 64.7 Å². The molecule has 2 atom stereocenters. The topological polar surface area (TPSA) is 113 Å².